The van der Waals surface area contributed by atoms with Crippen molar-refractivity contribution in [3.8, 4) is 0 Å². The van der Waals surface area contributed by atoms with Gasteiger partial charge in [0.15, 0.2) is 0 Å². The van der Waals surface area contributed by atoms with Crippen molar-refractivity contribution < 1.29 is 8.22 Å². The topological polar surface area (TPSA) is 0 Å². The van der Waals surface area contributed by atoms with Crippen molar-refractivity contribution in [2.24, 2.45) is 29.1 Å². The zero-order valence-electron chi connectivity index (χ0n) is 18.8. The SMILES string of the molecule is [2H]C([2H])([2H])C(=CCC[C@@H](C)[C@H]1CC[C@H]2[C@@H](C)CCC[C@]12C)C([2H])([2H])[2H]. The van der Waals surface area contributed by atoms with Crippen LogP contribution in [-0.2, 0) is 0 Å². The van der Waals surface area contributed by atoms with E-state index < -0.39 is 13.7 Å². The molecule has 19 heavy (non-hydrogen) atoms. The maximum atomic E-state index is 7.48. The van der Waals surface area contributed by atoms with Crippen LogP contribution >= 0.6 is 0 Å². The molecule has 2 saturated carbocycles. The number of hydrogen-bond acceptors (Lipinski definition) is 0. The molecule has 2 rings (SSSR count). The van der Waals surface area contributed by atoms with E-state index in [1.54, 1.807) is 0 Å². The third-order valence-electron chi connectivity index (χ3n) is 6.20. The Balaban J connectivity index is 2.03. The molecule has 0 aliphatic heterocycles. The average Bonchev–Trinajstić information content (AvgIpc) is 2.79. The summed E-state index contributed by atoms with van der Waals surface area (Å²) in [6, 6.07) is 0. The molecule has 2 fully saturated rings. The minimum Gasteiger partial charge on any atom is -0.0859 e. The van der Waals surface area contributed by atoms with E-state index in [9.17, 15) is 0 Å². The molecule has 0 aromatic rings. The van der Waals surface area contributed by atoms with E-state index in [1.165, 1.54) is 38.2 Å². The van der Waals surface area contributed by atoms with Crippen LogP contribution in [0.15, 0.2) is 11.6 Å². The fourth-order valence-corrected chi connectivity index (χ4v) is 5.23. The van der Waals surface area contributed by atoms with Gasteiger partial charge in [0, 0.05) is 8.22 Å². The number of allylic oxidation sites excluding steroid dienone is 2. The van der Waals surface area contributed by atoms with Gasteiger partial charge in [-0.2, -0.15) is 0 Å². The second-order valence-corrected chi connectivity index (χ2v) is 7.34. The predicted octanol–water partition coefficient (Wildman–Crippen LogP) is 6.22. The molecule has 0 heteroatoms. The lowest BCUT2D eigenvalue weighted by molar-refractivity contribution is 0.0354. The zero-order valence-corrected chi connectivity index (χ0v) is 12.8. The molecule has 2 aliphatic rings. The van der Waals surface area contributed by atoms with Crippen LogP contribution < -0.4 is 0 Å². The van der Waals surface area contributed by atoms with E-state index in [1.807, 2.05) is 0 Å². The molecule has 0 aromatic heterocycles. The minimum atomic E-state index is -2.53. The summed E-state index contributed by atoms with van der Waals surface area (Å²) < 4.78 is 44.9. The van der Waals surface area contributed by atoms with Gasteiger partial charge in [0.25, 0.3) is 0 Å². The van der Waals surface area contributed by atoms with Crippen molar-refractivity contribution in [2.75, 3.05) is 0 Å². The lowest BCUT2D eigenvalue weighted by Gasteiger charge is -2.46. The van der Waals surface area contributed by atoms with Gasteiger partial charge in [0.1, 0.15) is 0 Å². The van der Waals surface area contributed by atoms with Crippen molar-refractivity contribution in [2.45, 2.75) is 79.4 Å². The molecule has 0 N–H and O–H groups in total. The molecule has 0 spiro atoms. The van der Waals surface area contributed by atoms with Crippen LogP contribution in [0.25, 0.3) is 0 Å². The Morgan fingerprint density at radius 1 is 1.37 bits per heavy atom. The van der Waals surface area contributed by atoms with Gasteiger partial charge in [0.2, 0.25) is 0 Å². The Kier molecular flexibility index (Phi) is 2.82. The highest BCUT2D eigenvalue weighted by molar-refractivity contribution is 5.01. The fraction of sp³-hybridized carbons (Fsp3) is 0.895. The molecule has 0 nitrogen and oxygen atoms in total. The number of hydrogen-bond donors (Lipinski definition) is 0. The van der Waals surface area contributed by atoms with Gasteiger partial charge in [-0.1, -0.05) is 45.3 Å². The van der Waals surface area contributed by atoms with Crippen molar-refractivity contribution in [3.05, 3.63) is 11.6 Å². The Morgan fingerprint density at radius 2 is 2.16 bits per heavy atom. The monoisotopic (exact) mass is 268 g/mol. The van der Waals surface area contributed by atoms with E-state index in [0.29, 0.717) is 23.7 Å². The smallest absolute Gasteiger partial charge is 0.0276 e. The van der Waals surface area contributed by atoms with Gasteiger partial charge < -0.3 is 0 Å². The standard InChI is InChI=1S/C19H34/c1-14(2)8-6-9-15(3)17-11-12-18-16(4)10-7-13-19(17,18)5/h8,15-18H,6-7,9-13H2,1-5H3/t15-,16+,17-,18+,19-/m1/s1/i1D3,2D3. The fourth-order valence-electron chi connectivity index (χ4n) is 5.23. The van der Waals surface area contributed by atoms with Gasteiger partial charge in [-0.3, -0.25) is 0 Å². The minimum absolute atomic E-state index is 0.367. The summed E-state index contributed by atoms with van der Waals surface area (Å²) in [5, 5.41) is 0. The second-order valence-electron chi connectivity index (χ2n) is 7.34. The van der Waals surface area contributed by atoms with Crippen LogP contribution in [0.1, 0.15) is 87.6 Å². The van der Waals surface area contributed by atoms with Gasteiger partial charge in [0.05, 0.1) is 0 Å². The molecule has 110 valence electrons. The lowest BCUT2D eigenvalue weighted by Crippen LogP contribution is -2.38. The molecule has 5 atom stereocenters. The molecule has 0 radical (unpaired) electrons. The van der Waals surface area contributed by atoms with Crippen molar-refractivity contribution >= 4 is 0 Å². The first-order valence-electron chi connectivity index (χ1n) is 11.1. The first-order valence-corrected chi connectivity index (χ1v) is 8.08. The highest BCUT2D eigenvalue weighted by atomic mass is 14.6. The summed E-state index contributed by atoms with van der Waals surface area (Å²) in [7, 11) is 0. The van der Waals surface area contributed by atoms with Crippen LogP contribution in [-0.4, -0.2) is 0 Å². The molecule has 0 unspecified atom stereocenters. The Hall–Kier alpha value is -0.260. The maximum absolute atomic E-state index is 7.48. The lowest BCUT2D eigenvalue weighted by atomic mass is 9.59. The first-order chi connectivity index (χ1) is 11.4. The molecule has 0 aromatic carbocycles. The summed E-state index contributed by atoms with van der Waals surface area (Å²) in [5.74, 6) is 2.82. The summed E-state index contributed by atoms with van der Waals surface area (Å²) >= 11 is 0. The van der Waals surface area contributed by atoms with Gasteiger partial charge >= 0.3 is 0 Å². The van der Waals surface area contributed by atoms with Crippen LogP contribution in [0.2, 0.25) is 0 Å². The van der Waals surface area contributed by atoms with Gasteiger partial charge in [-0.25, -0.2) is 0 Å². The normalized spacial score (nSPS) is 45.7. The van der Waals surface area contributed by atoms with E-state index in [-0.39, 0.29) is 5.57 Å². The molecule has 0 heterocycles. The Labute approximate surface area is 129 Å². The van der Waals surface area contributed by atoms with Crippen molar-refractivity contribution in [3.63, 3.8) is 0 Å². The Morgan fingerprint density at radius 3 is 2.89 bits per heavy atom. The third kappa shape index (κ3) is 3.09. The van der Waals surface area contributed by atoms with Crippen LogP contribution in [0.3, 0.4) is 0 Å². The Bertz CT molecular complexity index is 473. The van der Waals surface area contributed by atoms with Crippen LogP contribution in [0.5, 0.6) is 0 Å². The zero-order chi connectivity index (χ0) is 19.0. The molecule has 0 amide bonds. The van der Waals surface area contributed by atoms with Gasteiger partial charge in [-0.05, 0) is 74.9 Å². The maximum Gasteiger partial charge on any atom is 0.0276 e. The van der Waals surface area contributed by atoms with E-state index >= 15 is 0 Å². The number of fused-ring (bicyclic) bond motifs is 1. The van der Waals surface area contributed by atoms with Crippen LogP contribution in [0.4, 0.5) is 0 Å². The molecule has 0 saturated heterocycles. The molecule has 2 aliphatic carbocycles. The summed E-state index contributed by atoms with van der Waals surface area (Å²) in [6.07, 6.45) is 9.44. The average molecular weight is 269 g/mol. The largest absolute Gasteiger partial charge is 0.0859 e. The first kappa shape index (κ1) is 8.90. The molecular formula is C19H34. The van der Waals surface area contributed by atoms with E-state index in [0.717, 1.165) is 18.3 Å². The van der Waals surface area contributed by atoms with Gasteiger partial charge in [-0.15, -0.1) is 0 Å². The summed E-state index contributed by atoms with van der Waals surface area (Å²) in [6.45, 7) is 2.08. The highest BCUT2D eigenvalue weighted by Crippen LogP contribution is 2.59. The quantitative estimate of drug-likeness (QED) is 0.531. The van der Waals surface area contributed by atoms with Crippen molar-refractivity contribution in [1.82, 2.24) is 0 Å². The van der Waals surface area contributed by atoms with Crippen molar-refractivity contribution in [1.29, 1.82) is 0 Å². The molecular weight excluding hydrogens is 228 g/mol. The summed E-state index contributed by atoms with van der Waals surface area (Å²) in [4.78, 5) is 0. The van der Waals surface area contributed by atoms with Crippen LogP contribution in [0, 0.1) is 29.1 Å². The summed E-state index contributed by atoms with van der Waals surface area (Å²) in [5.41, 5.74) is 0.0477. The third-order valence-corrected chi connectivity index (χ3v) is 6.20. The number of rotatable bonds is 4. The highest BCUT2D eigenvalue weighted by Gasteiger charge is 2.50. The molecule has 0 bridgehead atoms. The predicted molar refractivity (Wildman–Crippen MR) is 85.2 cm³/mol. The van der Waals surface area contributed by atoms with E-state index in [2.05, 4.69) is 20.8 Å². The van der Waals surface area contributed by atoms with E-state index in [4.69, 9.17) is 8.22 Å². The second kappa shape index (κ2) is 6.02.